The smallest absolute Gasteiger partial charge is 0.340 e. The van der Waals surface area contributed by atoms with Gasteiger partial charge in [-0.2, -0.15) is 0 Å². The number of hydrogen-bond donors (Lipinski definition) is 0. The van der Waals surface area contributed by atoms with Gasteiger partial charge in [0.2, 0.25) is 0 Å². The number of non-ortho nitro benzene ring substituents is 1. The summed E-state index contributed by atoms with van der Waals surface area (Å²) in [6.07, 6.45) is 1.38. The van der Waals surface area contributed by atoms with Crippen molar-refractivity contribution in [2.45, 2.75) is 20.8 Å². The largest absolute Gasteiger partial charge is 0.494 e. The average Bonchev–Trinajstić information content (AvgIpc) is 3.00. The first-order chi connectivity index (χ1) is 15.3. The van der Waals surface area contributed by atoms with Crippen molar-refractivity contribution < 1.29 is 24.0 Å². The molecule has 32 heavy (non-hydrogen) atoms. The lowest BCUT2D eigenvalue weighted by molar-refractivity contribution is -0.384. The Labute approximate surface area is 189 Å². The van der Waals surface area contributed by atoms with Gasteiger partial charge in [0, 0.05) is 34.1 Å². The molecule has 0 fully saturated rings. The summed E-state index contributed by atoms with van der Waals surface area (Å²) < 4.78 is 10.6. The van der Waals surface area contributed by atoms with E-state index in [-0.39, 0.29) is 34.0 Å². The molecule has 0 N–H and O–H groups in total. The highest BCUT2D eigenvalue weighted by Crippen LogP contribution is 2.37. The van der Waals surface area contributed by atoms with Crippen LogP contribution >= 0.6 is 11.6 Å². The molecule has 0 bridgehead atoms. The Kier molecular flexibility index (Phi) is 6.95. The molecule has 0 saturated heterocycles. The van der Waals surface area contributed by atoms with Crippen molar-refractivity contribution >= 4 is 40.9 Å². The Morgan fingerprint density at radius 3 is 2.44 bits per heavy atom. The maximum absolute atomic E-state index is 13.4. The SMILES string of the molecule is CCOC(=O)C1=C(C)N(c2ccc(OCC)cc2)C(=O)/C1=C\c1cc([N+](=O)[O-])ccc1Cl. The highest BCUT2D eigenvalue weighted by molar-refractivity contribution is 6.32. The number of esters is 1. The van der Waals surface area contributed by atoms with Gasteiger partial charge < -0.3 is 9.47 Å². The van der Waals surface area contributed by atoms with Crippen molar-refractivity contribution in [1.82, 2.24) is 0 Å². The van der Waals surface area contributed by atoms with Crippen LogP contribution in [0.25, 0.3) is 6.08 Å². The molecule has 166 valence electrons. The first-order valence-electron chi connectivity index (χ1n) is 9.89. The fourth-order valence-electron chi connectivity index (χ4n) is 3.36. The molecule has 3 rings (SSSR count). The van der Waals surface area contributed by atoms with E-state index in [9.17, 15) is 19.7 Å². The molecule has 1 heterocycles. The number of benzene rings is 2. The zero-order valence-electron chi connectivity index (χ0n) is 17.8. The summed E-state index contributed by atoms with van der Waals surface area (Å²) in [7, 11) is 0. The Morgan fingerprint density at radius 1 is 1.16 bits per heavy atom. The molecule has 2 aromatic carbocycles. The van der Waals surface area contributed by atoms with Crippen LogP contribution in [-0.4, -0.2) is 30.0 Å². The Hall–Kier alpha value is -3.65. The maximum Gasteiger partial charge on any atom is 0.340 e. The molecule has 8 nitrogen and oxygen atoms in total. The van der Waals surface area contributed by atoms with E-state index in [2.05, 4.69) is 0 Å². The van der Waals surface area contributed by atoms with E-state index in [1.807, 2.05) is 6.92 Å². The second-order valence-electron chi connectivity index (χ2n) is 6.77. The normalized spacial score (nSPS) is 14.8. The second-order valence-corrected chi connectivity index (χ2v) is 7.18. The lowest BCUT2D eigenvalue weighted by Gasteiger charge is -2.18. The molecular formula is C23H21ClN2O6. The van der Waals surface area contributed by atoms with Crippen LogP contribution in [0.4, 0.5) is 11.4 Å². The Balaban J connectivity index is 2.12. The van der Waals surface area contributed by atoms with Gasteiger partial charge in [-0.15, -0.1) is 0 Å². The number of allylic oxidation sites excluding steroid dienone is 1. The molecule has 2 aromatic rings. The highest BCUT2D eigenvalue weighted by Gasteiger charge is 2.38. The van der Waals surface area contributed by atoms with E-state index < -0.39 is 16.8 Å². The maximum atomic E-state index is 13.4. The quantitative estimate of drug-likeness (QED) is 0.254. The molecule has 1 amide bonds. The van der Waals surface area contributed by atoms with Gasteiger partial charge in [0.15, 0.2) is 0 Å². The van der Waals surface area contributed by atoms with Crippen molar-refractivity contribution in [3.8, 4) is 5.75 Å². The molecule has 0 atom stereocenters. The third-order valence-corrected chi connectivity index (χ3v) is 5.12. The van der Waals surface area contributed by atoms with Crippen LogP contribution in [-0.2, 0) is 14.3 Å². The number of anilines is 1. The van der Waals surface area contributed by atoms with E-state index in [1.165, 1.54) is 29.2 Å². The van der Waals surface area contributed by atoms with Gasteiger partial charge >= 0.3 is 5.97 Å². The van der Waals surface area contributed by atoms with Crippen molar-refractivity contribution in [3.63, 3.8) is 0 Å². The van der Waals surface area contributed by atoms with Gasteiger partial charge in [-0.1, -0.05) is 11.6 Å². The molecule has 0 spiro atoms. The lowest BCUT2D eigenvalue weighted by Crippen LogP contribution is -2.24. The minimum atomic E-state index is -0.667. The summed E-state index contributed by atoms with van der Waals surface area (Å²) in [5.41, 5.74) is 1.09. The summed E-state index contributed by atoms with van der Waals surface area (Å²) in [4.78, 5) is 38.1. The molecule has 9 heteroatoms. The van der Waals surface area contributed by atoms with Crippen LogP contribution in [0.5, 0.6) is 5.75 Å². The third-order valence-electron chi connectivity index (χ3n) is 4.78. The number of nitrogens with zero attached hydrogens (tertiary/aromatic N) is 2. The number of nitro benzene ring substituents is 1. The lowest BCUT2D eigenvalue weighted by atomic mass is 10.0. The fraction of sp³-hybridized carbons (Fsp3) is 0.217. The fourth-order valence-corrected chi connectivity index (χ4v) is 3.53. The number of halogens is 1. The Bertz CT molecular complexity index is 1140. The van der Waals surface area contributed by atoms with Crippen LogP contribution in [0.1, 0.15) is 26.3 Å². The van der Waals surface area contributed by atoms with Crippen molar-refractivity contribution in [1.29, 1.82) is 0 Å². The highest BCUT2D eigenvalue weighted by atomic mass is 35.5. The van der Waals surface area contributed by atoms with E-state index in [1.54, 1.807) is 38.1 Å². The Morgan fingerprint density at radius 2 is 1.84 bits per heavy atom. The molecule has 1 aliphatic rings. The van der Waals surface area contributed by atoms with E-state index in [0.717, 1.165) is 0 Å². The van der Waals surface area contributed by atoms with Gasteiger partial charge in [-0.3, -0.25) is 19.8 Å². The zero-order chi connectivity index (χ0) is 23.4. The number of rotatable bonds is 7. The monoisotopic (exact) mass is 456 g/mol. The number of ether oxygens (including phenoxy) is 2. The predicted molar refractivity (Wildman–Crippen MR) is 121 cm³/mol. The number of amides is 1. The first kappa shape index (κ1) is 23.0. The van der Waals surface area contributed by atoms with Crippen LogP contribution in [0.3, 0.4) is 0 Å². The zero-order valence-corrected chi connectivity index (χ0v) is 18.5. The van der Waals surface area contributed by atoms with Crippen LogP contribution in [0.15, 0.2) is 59.3 Å². The molecule has 0 radical (unpaired) electrons. The molecule has 1 aliphatic heterocycles. The summed E-state index contributed by atoms with van der Waals surface area (Å²) in [5.74, 6) is -0.494. The summed E-state index contributed by atoms with van der Waals surface area (Å²) in [6, 6.07) is 10.7. The predicted octanol–water partition coefficient (Wildman–Crippen LogP) is 4.91. The molecule has 0 aromatic heterocycles. The van der Waals surface area contributed by atoms with Crippen LogP contribution in [0.2, 0.25) is 5.02 Å². The summed E-state index contributed by atoms with van der Waals surface area (Å²) in [6.45, 7) is 5.79. The third kappa shape index (κ3) is 4.50. The minimum absolute atomic E-state index is 0.0391. The van der Waals surface area contributed by atoms with Gasteiger partial charge in [-0.05, 0) is 57.2 Å². The topological polar surface area (TPSA) is 99.0 Å². The van der Waals surface area contributed by atoms with Gasteiger partial charge in [-0.25, -0.2) is 4.79 Å². The standard InChI is InChI=1S/C23H21ClN2O6/c1-4-31-18-9-6-16(7-10-18)25-14(3)21(23(28)32-5-2)19(22(25)27)13-15-12-17(26(29)30)8-11-20(15)24/h6-13H,4-5H2,1-3H3/b19-13-. The van der Waals surface area contributed by atoms with Gasteiger partial charge in [0.05, 0.1) is 29.3 Å². The van der Waals surface area contributed by atoms with Gasteiger partial charge in [0.1, 0.15) is 5.75 Å². The van der Waals surface area contributed by atoms with E-state index in [0.29, 0.717) is 23.7 Å². The number of carbonyl (C=O) groups is 2. The molecule has 0 aliphatic carbocycles. The van der Waals surface area contributed by atoms with Crippen LogP contribution in [0, 0.1) is 10.1 Å². The summed E-state index contributed by atoms with van der Waals surface area (Å²) in [5, 5.41) is 11.4. The van der Waals surface area contributed by atoms with Crippen LogP contribution < -0.4 is 9.64 Å². The minimum Gasteiger partial charge on any atom is -0.494 e. The van der Waals surface area contributed by atoms with Crippen molar-refractivity contribution in [3.05, 3.63) is 80.0 Å². The molecular weight excluding hydrogens is 436 g/mol. The summed E-state index contributed by atoms with van der Waals surface area (Å²) >= 11 is 6.21. The second kappa shape index (κ2) is 9.65. The number of nitro groups is 1. The van der Waals surface area contributed by atoms with Gasteiger partial charge in [0.25, 0.3) is 11.6 Å². The van der Waals surface area contributed by atoms with Crippen molar-refractivity contribution in [2.75, 3.05) is 18.1 Å². The van der Waals surface area contributed by atoms with E-state index in [4.69, 9.17) is 21.1 Å². The number of carbonyl (C=O) groups excluding carboxylic acids is 2. The van der Waals surface area contributed by atoms with Crippen molar-refractivity contribution in [2.24, 2.45) is 0 Å². The average molecular weight is 457 g/mol. The molecule has 0 unspecified atom stereocenters. The molecule has 0 saturated carbocycles. The number of hydrogen-bond acceptors (Lipinski definition) is 6. The van der Waals surface area contributed by atoms with E-state index >= 15 is 0 Å². The first-order valence-corrected chi connectivity index (χ1v) is 10.3.